The Morgan fingerprint density at radius 1 is 0.559 bits per heavy atom. The van der Waals surface area contributed by atoms with E-state index in [1.807, 2.05) is 20.8 Å². The first-order valence-electron chi connectivity index (χ1n) is 12.5. The molecule has 0 aliphatic carbocycles. The zero-order valence-corrected chi connectivity index (χ0v) is 23.0. The number of hydrogen-bond donors (Lipinski definition) is 0. The van der Waals surface area contributed by atoms with Crippen LogP contribution in [0.4, 0.5) is 11.4 Å². The van der Waals surface area contributed by atoms with E-state index in [-0.39, 0.29) is 0 Å². The first kappa shape index (κ1) is 27.5. The van der Waals surface area contributed by atoms with E-state index in [4.69, 9.17) is 14.8 Å². The number of rotatable bonds is 8. The molecule has 0 heterocycles. The third-order valence-electron chi connectivity index (χ3n) is 6.07. The lowest BCUT2D eigenvalue weighted by Gasteiger charge is -2.17. The number of nitrogens with zero attached hydrogens (tertiary/aromatic N) is 3. The number of benzene rings is 2. The molecule has 4 heteroatoms. The van der Waals surface area contributed by atoms with Crippen molar-refractivity contribution in [1.82, 2.24) is 0 Å². The van der Waals surface area contributed by atoms with Crippen molar-refractivity contribution in [2.24, 2.45) is 15.1 Å². The molecule has 0 aromatic heterocycles. The molecule has 4 nitrogen and oxygen atoms in total. The number of aliphatic imine (C=N–C) groups is 2. The maximum absolute atomic E-state index is 5.75. The Bertz CT molecular complexity index is 1020. The van der Waals surface area contributed by atoms with Gasteiger partial charge in [-0.1, -0.05) is 96.9 Å². The first-order chi connectivity index (χ1) is 15.9. The van der Waals surface area contributed by atoms with Crippen molar-refractivity contribution < 1.29 is 4.84 Å². The molecule has 184 valence electrons. The van der Waals surface area contributed by atoms with Crippen LogP contribution in [-0.2, 0) is 4.84 Å². The summed E-state index contributed by atoms with van der Waals surface area (Å²) in [5.74, 6) is 2.06. The summed E-state index contributed by atoms with van der Waals surface area (Å²) < 4.78 is 0. The van der Waals surface area contributed by atoms with Gasteiger partial charge in [0, 0.05) is 6.92 Å². The van der Waals surface area contributed by atoms with Crippen molar-refractivity contribution in [3.05, 3.63) is 58.7 Å². The molecular weight excluding hydrogens is 418 g/mol. The minimum absolute atomic E-state index is 0.376. The third kappa shape index (κ3) is 6.88. The molecule has 0 amide bonds. The molecular formula is C30H43N3O. The van der Waals surface area contributed by atoms with Crippen LogP contribution in [0.2, 0.25) is 0 Å². The number of oxime groups is 1. The highest BCUT2D eigenvalue weighted by atomic mass is 16.6. The maximum atomic E-state index is 5.75. The maximum Gasteiger partial charge on any atom is 0.222 e. The van der Waals surface area contributed by atoms with Crippen LogP contribution in [0.15, 0.2) is 51.5 Å². The summed E-state index contributed by atoms with van der Waals surface area (Å²) in [4.78, 5) is 15.6. The zero-order valence-electron chi connectivity index (χ0n) is 23.0. The molecule has 0 unspecified atom stereocenters. The zero-order chi connectivity index (χ0) is 25.6. The fourth-order valence-electron chi connectivity index (χ4n) is 3.91. The van der Waals surface area contributed by atoms with Gasteiger partial charge in [-0.2, -0.15) is 0 Å². The first-order valence-corrected chi connectivity index (χ1v) is 12.5. The second-order valence-corrected chi connectivity index (χ2v) is 10.3. The predicted octanol–water partition coefficient (Wildman–Crippen LogP) is 9.42. The van der Waals surface area contributed by atoms with Gasteiger partial charge in [0.05, 0.1) is 22.8 Å². The fraction of sp³-hybridized carbons (Fsp3) is 0.500. The monoisotopic (exact) mass is 461 g/mol. The quantitative estimate of drug-likeness (QED) is 0.219. The SMILES string of the molecule is CC(=Nc1c(C(C)C)cccc1C(C)C)ON=C(C)C(C)=Nc1c(C(C)C)cccc1C(C)C. The highest BCUT2D eigenvalue weighted by molar-refractivity contribution is 6.41. The van der Waals surface area contributed by atoms with Gasteiger partial charge in [0.25, 0.3) is 0 Å². The highest BCUT2D eigenvalue weighted by Gasteiger charge is 2.15. The van der Waals surface area contributed by atoms with E-state index >= 15 is 0 Å². The molecule has 0 saturated carbocycles. The summed E-state index contributed by atoms with van der Waals surface area (Å²) in [6, 6.07) is 12.9. The van der Waals surface area contributed by atoms with Crippen molar-refractivity contribution in [1.29, 1.82) is 0 Å². The van der Waals surface area contributed by atoms with E-state index in [9.17, 15) is 0 Å². The third-order valence-corrected chi connectivity index (χ3v) is 6.07. The Balaban J connectivity index is 2.39. The van der Waals surface area contributed by atoms with E-state index in [1.54, 1.807) is 0 Å². The Kier molecular flexibility index (Phi) is 9.78. The van der Waals surface area contributed by atoms with E-state index < -0.39 is 0 Å². The lowest BCUT2D eigenvalue weighted by molar-refractivity contribution is 0.326. The van der Waals surface area contributed by atoms with Gasteiger partial charge in [0.2, 0.25) is 5.90 Å². The van der Waals surface area contributed by atoms with Crippen LogP contribution in [0.5, 0.6) is 0 Å². The van der Waals surface area contributed by atoms with Crippen LogP contribution >= 0.6 is 0 Å². The summed E-state index contributed by atoms with van der Waals surface area (Å²) in [5, 5.41) is 4.37. The molecule has 0 bridgehead atoms. The standard InChI is InChI=1S/C30H43N3O/c1-18(2)25-14-12-15-26(19(3)4)29(25)31-22(9)23(10)33-34-24(11)32-30-27(20(5)6)16-13-17-28(30)21(7)8/h12-21H,1-11H3. The highest BCUT2D eigenvalue weighted by Crippen LogP contribution is 2.36. The molecule has 0 spiro atoms. The van der Waals surface area contributed by atoms with Gasteiger partial charge in [-0.25, -0.2) is 4.99 Å². The summed E-state index contributed by atoms with van der Waals surface area (Å²) >= 11 is 0. The van der Waals surface area contributed by atoms with Crippen LogP contribution in [0.25, 0.3) is 0 Å². The lowest BCUT2D eigenvalue weighted by Crippen LogP contribution is -2.08. The minimum atomic E-state index is 0.376. The van der Waals surface area contributed by atoms with Crippen molar-refractivity contribution in [3.8, 4) is 0 Å². The summed E-state index contributed by atoms with van der Waals surface area (Å²) in [7, 11) is 0. The molecule has 0 aliphatic heterocycles. The van der Waals surface area contributed by atoms with Gasteiger partial charge >= 0.3 is 0 Å². The number of hydrogen-bond acceptors (Lipinski definition) is 4. The van der Waals surface area contributed by atoms with Gasteiger partial charge in [0.15, 0.2) is 0 Å². The Morgan fingerprint density at radius 3 is 1.26 bits per heavy atom. The van der Waals surface area contributed by atoms with Crippen LogP contribution in [0.1, 0.15) is 122 Å². The van der Waals surface area contributed by atoms with Crippen molar-refractivity contribution >= 4 is 28.7 Å². The predicted molar refractivity (Wildman–Crippen MR) is 149 cm³/mol. The van der Waals surface area contributed by atoms with E-state index in [0.717, 1.165) is 22.8 Å². The largest absolute Gasteiger partial charge is 0.341 e. The lowest BCUT2D eigenvalue weighted by atomic mass is 9.93. The second kappa shape index (κ2) is 12.1. The van der Waals surface area contributed by atoms with Gasteiger partial charge in [-0.15, -0.1) is 0 Å². The molecule has 2 aromatic rings. The topological polar surface area (TPSA) is 46.3 Å². The summed E-state index contributed by atoms with van der Waals surface area (Å²) in [5.41, 5.74) is 8.58. The van der Waals surface area contributed by atoms with E-state index in [2.05, 4.69) is 96.9 Å². The molecule has 34 heavy (non-hydrogen) atoms. The fourth-order valence-corrected chi connectivity index (χ4v) is 3.91. The summed E-state index contributed by atoms with van der Waals surface area (Å²) in [6.07, 6.45) is 0. The van der Waals surface area contributed by atoms with Crippen molar-refractivity contribution in [3.63, 3.8) is 0 Å². The van der Waals surface area contributed by atoms with Gasteiger partial charge < -0.3 is 4.84 Å². The Hall–Kier alpha value is -2.75. The smallest absolute Gasteiger partial charge is 0.222 e. The summed E-state index contributed by atoms with van der Waals surface area (Å²) in [6.45, 7) is 23.4. The van der Waals surface area contributed by atoms with Gasteiger partial charge in [-0.05, 0) is 59.8 Å². The molecule has 0 fully saturated rings. The average molecular weight is 462 g/mol. The van der Waals surface area contributed by atoms with Crippen molar-refractivity contribution in [2.45, 2.75) is 99.8 Å². The Morgan fingerprint density at radius 2 is 0.912 bits per heavy atom. The van der Waals surface area contributed by atoms with Crippen LogP contribution in [-0.4, -0.2) is 17.3 Å². The average Bonchev–Trinajstić information content (AvgIpc) is 2.76. The van der Waals surface area contributed by atoms with E-state index in [0.29, 0.717) is 29.6 Å². The van der Waals surface area contributed by atoms with Crippen molar-refractivity contribution in [2.75, 3.05) is 0 Å². The molecule has 0 aliphatic rings. The van der Waals surface area contributed by atoms with Crippen LogP contribution in [0.3, 0.4) is 0 Å². The Labute approximate surface area is 207 Å². The van der Waals surface area contributed by atoms with Gasteiger partial charge in [-0.3, -0.25) is 4.99 Å². The molecule has 2 rings (SSSR count). The van der Waals surface area contributed by atoms with E-state index in [1.165, 1.54) is 22.3 Å². The second-order valence-electron chi connectivity index (χ2n) is 10.3. The van der Waals surface area contributed by atoms with Crippen LogP contribution in [0, 0.1) is 0 Å². The minimum Gasteiger partial charge on any atom is -0.341 e. The van der Waals surface area contributed by atoms with Crippen LogP contribution < -0.4 is 0 Å². The molecule has 0 atom stereocenters. The van der Waals surface area contributed by atoms with Gasteiger partial charge in [0.1, 0.15) is 0 Å². The normalized spacial score (nSPS) is 13.6. The molecule has 2 aromatic carbocycles. The molecule has 0 radical (unpaired) electrons. The molecule has 0 N–H and O–H groups in total. The number of para-hydroxylation sites is 2. The molecule has 0 saturated heterocycles.